The number of benzene rings is 1. The number of imide groups is 1. The van der Waals surface area contributed by atoms with Crippen molar-refractivity contribution in [2.45, 2.75) is 12.8 Å². The molecule has 6 nitrogen and oxygen atoms in total. The predicted octanol–water partition coefficient (Wildman–Crippen LogP) is 3.26. The van der Waals surface area contributed by atoms with Gasteiger partial charge in [-0.3, -0.25) is 19.3 Å². The number of nitrogens with zero attached hydrogens (tertiary/aromatic N) is 2. The average Bonchev–Trinajstić information content (AvgIpc) is 3.17. The fourth-order valence-corrected chi connectivity index (χ4v) is 5.39. The predicted molar refractivity (Wildman–Crippen MR) is 112 cm³/mol. The molecule has 1 aromatic rings. The Hall–Kier alpha value is -0.820. The highest BCUT2D eigenvalue weighted by molar-refractivity contribution is 14.1. The van der Waals surface area contributed by atoms with E-state index in [9.17, 15) is 19.5 Å². The van der Waals surface area contributed by atoms with Crippen LogP contribution in [0.1, 0.15) is 18.4 Å². The highest BCUT2D eigenvalue weighted by Crippen LogP contribution is 2.35. The molecular formula is C16H14I2N2O4S. The minimum atomic E-state index is -0.490. The first-order valence-corrected chi connectivity index (χ1v) is 10.6. The van der Waals surface area contributed by atoms with Gasteiger partial charge in [0.15, 0.2) is 0 Å². The van der Waals surface area contributed by atoms with Gasteiger partial charge in [-0.2, -0.15) is 0 Å². The lowest BCUT2D eigenvalue weighted by Crippen LogP contribution is -2.40. The fourth-order valence-electron chi connectivity index (χ4n) is 2.68. The molecule has 0 aromatic heterocycles. The van der Waals surface area contributed by atoms with Gasteiger partial charge in [0.1, 0.15) is 12.3 Å². The minimum Gasteiger partial charge on any atom is -0.506 e. The van der Waals surface area contributed by atoms with Crippen molar-refractivity contribution in [3.63, 3.8) is 0 Å². The zero-order valence-electron chi connectivity index (χ0n) is 13.0. The SMILES string of the molecule is O=C(CN1C(=O)S/C(=C\c2cc(I)cc(I)c2O)C1=O)N1CCCC1. The van der Waals surface area contributed by atoms with E-state index < -0.39 is 11.1 Å². The summed E-state index contributed by atoms with van der Waals surface area (Å²) in [4.78, 5) is 39.7. The number of carbonyl (C=O) groups excluding carboxylic acids is 3. The average molecular weight is 584 g/mol. The van der Waals surface area contributed by atoms with Crippen molar-refractivity contribution < 1.29 is 19.5 Å². The smallest absolute Gasteiger partial charge is 0.294 e. The fraction of sp³-hybridized carbons (Fsp3) is 0.312. The standard InChI is InChI=1S/C16H14I2N2O4S/c17-10-5-9(14(22)11(18)7-10)6-12-15(23)20(16(24)25-12)8-13(21)19-3-1-2-4-19/h5-7,22H,1-4,8H2/b12-6-. The van der Waals surface area contributed by atoms with Gasteiger partial charge in [0, 0.05) is 22.2 Å². The van der Waals surface area contributed by atoms with E-state index in [1.165, 1.54) is 6.08 Å². The number of carbonyl (C=O) groups is 3. The lowest BCUT2D eigenvalue weighted by atomic mass is 10.2. The summed E-state index contributed by atoms with van der Waals surface area (Å²) in [5.41, 5.74) is 0.479. The highest BCUT2D eigenvalue weighted by Gasteiger charge is 2.37. The summed E-state index contributed by atoms with van der Waals surface area (Å²) < 4.78 is 1.58. The normalized spacial score (nSPS) is 19.4. The first-order valence-electron chi connectivity index (χ1n) is 7.58. The Bertz CT molecular complexity index is 791. The number of phenolic OH excluding ortho intramolecular Hbond substituents is 1. The van der Waals surface area contributed by atoms with Gasteiger partial charge in [-0.25, -0.2) is 0 Å². The summed E-state index contributed by atoms with van der Waals surface area (Å²) in [5.74, 6) is -0.621. The molecule has 2 fully saturated rings. The number of aromatic hydroxyl groups is 1. The van der Waals surface area contributed by atoms with Crippen molar-refractivity contribution in [3.8, 4) is 5.75 Å². The molecule has 1 aromatic carbocycles. The molecule has 0 bridgehead atoms. The maximum absolute atomic E-state index is 12.5. The van der Waals surface area contributed by atoms with Crippen LogP contribution in [0.25, 0.3) is 6.08 Å². The highest BCUT2D eigenvalue weighted by atomic mass is 127. The molecule has 2 heterocycles. The maximum Gasteiger partial charge on any atom is 0.294 e. The molecule has 0 unspecified atom stereocenters. The minimum absolute atomic E-state index is 0.0703. The summed E-state index contributed by atoms with van der Waals surface area (Å²) >= 11 is 4.92. The van der Waals surface area contributed by atoms with E-state index >= 15 is 0 Å². The van der Waals surface area contributed by atoms with Gasteiger partial charge in [0.2, 0.25) is 5.91 Å². The molecule has 0 saturated carbocycles. The Morgan fingerprint density at radius 3 is 2.60 bits per heavy atom. The van der Waals surface area contributed by atoms with Gasteiger partial charge < -0.3 is 10.0 Å². The second-order valence-electron chi connectivity index (χ2n) is 5.68. The lowest BCUT2D eigenvalue weighted by Gasteiger charge is -2.18. The van der Waals surface area contributed by atoms with Gasteiger partial charge in [-0.05, 0) is 88.0 Å². The molecule has 1 N–H and O–H groups in total. The number of likely N-dealkylation sites (tertiary alicyclic amines) is 1. The molecule has 3 rings (SSSR count). The number of rotatable bonds is 3. The zero-order chi connectivity index (χ0) is 18.1. The van der Waals surface area contributed by atoms with Gasteiger partial charge in [0.05, 0.1) is 8.48 Å². The third-order valence-electron chi connectivity index (χ3n) is 3.97. The van der Waals surface area contributed by atoms with E-state index in [4.69, 9.17) is 0 Å². The third-order valence-corrected chi connectivity index (χ3v) is 6.32. The monoisotopic (exact) mass is 584 g/mol. The van der Waals surface area contributed by atoms with E-state index in [1.807, 2.05) is 28.7 Å². The van der Waals surface area contributed by atoms with Crippen molar-refractivity contribution in [1.29, 1.82) is 0 Å². The lowest BCUT2D eigenvalue weighted by molar-refractivity contribution is -0.135. The van der Waals surface area contributed by atoms with Crippen molar-refractivity contribution in [2.24, 2.45) is 0 Å². The van der Waals surface area contributed by atoms with E-state index in [0.717, 1.165) is 33.1 Å². The van der Waals surface area contributed by atoms with Crippen LogP contribution in [0.15, 0.2) is 17.0 Å². The molecule has 0 aliphatic carbocycles. The Kier molecular flexibility index (Phi) is 5.93. The molecular weight excluding hydrogens is 570 g/mol. The summed E-state index contributed by atoms with van der Waals surface area (Å²) in [6, 6.07) is 3.55. The largest absolute Gasteiger partial charge is 0.506 e. The van der Waals surface area contributed by atoms with Gasteiger partial charge in [0.25, 0.3) is 11.1 Å². The number of hydrogen-bond donors (Lipinski definition) is 1. The van der Waals surface area contributed by atoms with Crippen molar-refractivity contribution >= 4 is 80.1 Å². The van der Waals surface area contributed by atoms with E-state index in [1.54, 1.807) is 11.0 Å². The topological polar surface area (TPSA) is 77.9 Å². The van der Waals surface area contributed by atoms with Crippen molar-refractivity contribution in [1.82, 2.24) is 9.80 Å². The molecule has 2 aliphatic heterocycles. The first kappa shape index (κ1) is 19.0. The van der Waals surface area contributed by atoms with Crippen LogP contribution in [0.2, 0.25) is 0 Å². The van der Waals surface area contributed by atoms with E-state index in [2.05, 4.69) is 22.6 Å². The van der Waals surface area contributed by atoms with Crippen LogP contribution in [-0.4, -0.2) is 51.6 Å². The number of halogens is 2. The Balaban J connectivity index is 1.80. The van der Waals surface area contributed by atoms with Gasteiger partial charge in [-0.1, -0.05) is 0 Å². The van der Waals surface area contributed by atoms with E-state index in [-0.39, 0.29) is 23.1 Å². The zero-order valence-corrected chi connectivity index (χ0v) is 18.1. The van der Waals surface area contributed by atoms with Crippen molar-refractivity contribution in [3.05, 3.63) is 29.7 Å². The molecule has 132 valence electrons. The van der Waals surface area contributed by atoms with Crippen molar-refractivity contribution in [2.75, 3.05) is 19.6 Å². The van der Waals surface area contributed by atoms with E-state index in [0.29, 0.717) is 22.2 Å². The number of amides is 3. The molecule has 2 saturated heterocycles. The molecule has 3 amide bonds. The molecule has 0 spiro atoms. The first-order chi connectivity index (χ1) is 11.9. The van der Waals surface area contributed by atoms with Crippen LogP contribution < -0.4 is 0 Å². The van der Waals surface area contributed by atoms with Crippen LogP contribution in [-0.2, 0) is 9.59 Å². The number of thioether (sulfide) groups is 1. The van der Waals surface area contributed by atoms with Crippen LogP contribution in [0.3, 0.4) is 0 Å². The Labute approximate surface area is 176 Å². The third kappa shape index (κ3) is 4.13. The second-order valence-corrected chi connectivity index (χ2v) is 9.08. The quantitative estimate of drug-likeness (QED) is 0.437. The number of hydrogen-bond acceptors (Lipinski definition) is 5. The molecule has 0 atom stereocenters. The number of phenols is 1. The second kappa shape index (κ2) is 7.82. The molecule has 2 aliphatic rings. The van der Waals surface area contributed by atoms with Crippen LogP contribution in [0.4, 0.5) is 4.79 Å². The molecule has 9 heteroatoms. The summed E-state index contributed by atoms with van der Waals surface area (Å²) in [6.45, 7) is 1.14. The van der Waals surface area contributed by atoms with Crippen LogP contribution in [0, 0.1) is 7.14 Å². The Morgan fingerprint density at radius 1 is 1.24 bits per heavy atom. The molecule has 25 heavy (non-hydrogen) atoms. The summed E-state index contributed by atoms with van der Waals surface area (Å²) in [6.07, 6.45) is 3.42. The summed E-state index contributed by atoms with van der Waals surface area (Å²) in [7, 11) is 0. The van der Waals surface area contributed by atoms with Gasteiger partial charge in [-0.15, -0.1) is 0 Å². The van der Waals surface area contributed by atoms with Crippen LogP contribution in [0.5, 0.6) is 5.75 Å². The summed E-state index contributed by atoms with van der Waals surface area (Å²) in [5, 5.41) is 9.70. The molecule has 0 radical (unpaired) electrons. The Morgan fingerprint density at radius 2 is 1.92 bits per heavy atom. The maximum atomic E-state index is 12.5. The van der Waals surface area contributed by atoms with Crippen LogP contribution >= 0.6 is 56.9 Å². The van der Waals surface area contributed by atoms with Gasteiger partial charge >= 0.3 is 0 Å².